The molecule has 22 heavy (non-hydrogen) atoms. The van der Waals surface area contributed by atoms with Crippen LogP contribution in [0.1, 0.15) is 39.2 Å². The predicted molar refractivity (Wildman–Crippen MR) is 103 cm³/mol. The third-order valence-corrected chi connectivity index (χ3v) is 2.93. The molecular formula is C16H29IN4O. The SMILES string of the molecule is CCCCOc1ncccc1CNC(=NC)NCC(C)C.I. The van der Waals surface area contributed by atoms with Crippen molar-refractivity contribution in [3.63, 3.8) is 0 Å². The Bertz CT molecular complexity index is 438. The van der Waals surface area contributed by atoms with Crippen molar-refractivity contribution in [2.75, 3.05) is 20.2 Å². The Kier molecular flexibility index (Phi) is 11.9. The topological polar surface area (TPSA) is 58.5 Å². The Morgan fingerprint density at radius 1 is 1.36 bits per heavy atom. The molecule has 0 fully saturated rings. The molecule has 0 saturated carbocycles. The Labute approximate surface area is 151 Å². The van der Waals surface area contributed by atoms with Crippen LogP contribution in [0, 0.1) is 5.92 Å². The van der Waals surface area contributed by atoms with Gasteiger partial charge in [0.15, 0.2) is 5.96 Å². The highest BCUT2D eigenvalue weighted by Gasteiger charge is 2.06. The van der Waals surface area contributed by atoms with E-state index in [4.69, 9.17) is 4.74 Å². The lowest BCUT2D eigenvalue weighted by Gasteiger charge is -2.15. The number of unbranched alkanes of at least 4 members (excludes halogenated alkanes) is 1. The maximum atomic E-state index is 5.73. The third-order valence-electron chi connectivity index (χ3n) is 2.93. The molecule has 1 aromatic heterocycles. The highest BCUT2D eigenvalue weighted by Crippen LogP contribution is 2.14. The van der Waals surface area contributed by atoms with Gasteiger partial charge in [0.25, 0.3) is 0 Å². The highest BCUT2D eigenvalue weighted by atomic mass is 127. The summed E-state index contributed by atoms with van der Waals surface area (Å²) in [5, 5.41) is 6.58. The quantitative estimate of drug-likeness (QED) is 0.294. The van der Waals surface area contributed by atoms with Crippen LogP contribution < -0.4 is 15.4 Å². The number of rotatable bonds is 8. The van der Waals surface area contributed by atoms with E-state index in [1.54, 1.807) is 13.2 Å². The molecular weight excluding hydrogens is 391 g/mol. The lowest BCUT2D eigenvalue weighted by atomic mass is 10.2. The molecule has 126 valence electrons. The van der Waals surface area contributed by atoms with Crippen molar-refractivity contribution >= 4 is 29.9 Å². The molecule has 0 amide bonds. The highest BCUT2D eigenvalue weighted by molar-refractivity contribution is 14.0. The number of hydrogen-bond acceptors (Lipinski definition) is 3. The number of aliphatic imine (C=N–C) groups is 1. The zero-order valence-electron chi connectivity index (χ0n) is 14.1. The summed E-state index contributed by atoms with van der Waals surface area (Å²) < 4.78 is 5.73. The van der Waals surface area contributed by atoms with Gasteiger partial charge in [0.05, 0.1) is 6.61 Å². The lowest BCUT2D eigenvalue weighted by Crippen LogP contribution is -2.38. The third kappa shape index (κ3) is 8.41. The Hall–Kier alpha value is -1.05. The first-order valence-corrected chi connectivity index (χ1v) is 7.68. The zero-order chi connectivity index (χ0) is 15.5. The summed E-state index contributed by atoms with van der Waals surface area (Å²) in [6.45, 7) is 8.73. The van der Waals surface area contributed by atoms with E-state index in [9.17, 15) is 0 Å². The number of guanidine groups is 1. The number of hydrogen-bond donors (Lipinski definition) is 2. The van der Waals surface area contributed by atoms with Crippen molar-refractivity contribution in [1.29, 1.82) is 0 Å². The van der Waals surface area contributed by atoms with E-state index in [-0.39, 0.29) is 24.0 Å². The second-order valence-corrected chi connectivity index (χ2v) is 5.37. The maximum absolute atomic E-state index is 5.73. The fourth-order valence-corrected chi connectivity index (χ4v) is 1.70. The number of halogens is 1. The van der Waals surface area contributed by atoms with Gasteiger partial charge < -0.3 is 15.4 Å². The van der Waals surface area contributed by atoms with Crippen molar-refractivity contribution in [3.8, 4) is 5.88 Å². The zero-order valence-corrected chi connectivity index (χ0v) is 16.4. The summed E-state index contributed by atoms with van der Waals surface area (Å²) in [6, 6.07) is 3.95. The Morgan fingerprint density at radius 3 is 2.77 bits per heavy atom. The maximum Gasteiger partial charge on any atom is 0.218 e. The molecule has 0 unspecified atom stereocenters. The van der Waals surface area contributed by atoms with Gasteiger partial charge in [-0.3, -0.25) is 4.99 Å². The molecule has 2 N–H and O–H groups in total. The van der Waals surface area contributed by atoms with E-state index in [1.165, 1.54) is 0 Å². The first-order chi connectivity index (χ1) is 10.2. The molecule has 1 heterocycles. The molecule has 6 heteroatoms. The number of nitrogens with one attached hydrogen (secondary N) is 2. The fourth-order valence-electron chi connectivity index (χ4n) is 1.70. The van der Waals surface area contributed by atoms with Gasteiger partial charge in [0.2, 0.25) is 5.88 Å². The first-order valence-electron chi connectivity index (χ1n) is 7.68. The van der Waals surface area contributed by atoms with Gasteiger partial charge in [-0.15, -0.1) is 24.0 Å². The van der Waals surface area contributed by atoms with Crippen LogP contribution in [0.25, 0.3) is 0 Å². The van der Waals surface area contributed by atoms with Gasteiger partial charge in [0.1, 0.15) is 0 Å². The second-order valence-electron chi connectivity index (χ2n) is 5.37. The Balaban J connectivity index is 0.00000441. The number of nitrogens with zero attached hydrogens (tertiary/aromatic N) is 2. The average Bonchev–Trinajstić information content (AvgIpc) is 2.48. The van der Waals surface area contributed by atoms with Gasteiger partial charge >= 0.3 is 0 Å². The molecule has 0 aromatic carbocycles. The van der Waals surface area contributed by atoms with Crippen molar-refractivity contribution in [2.45, 2.75) is 40.2 Å². The second kappa shape index (κ2) is 12.5. The molecule has 1 aromatic rings. The number of ether oxygens (including phenoxy) is 1. The molecule has 0 atom stereocenters. The predicted octanol–water partition coefficient (Wildman–Crippen LogP) is 3.20. The molecule has 0 aliphatic heterocycles. The molecule has 0 aliphatic carbocycles. The summed E-state index contributed by atoms with van der Waals surface area (Å²) >= 11 is 0. The van der Waals surface area contributed by atoms with Crippen LogP contribution in [0.5, 0.6) is 5.88 Å². The van der Waals surface area contributed by atoms with E-state index in [2.05, 4.69) is 41.4 Å². The normalized spacial score (nSPS) is 11.0. The van der Waals surface area contributed by atoms with Gasteiger partial charge in [-0.2, -0.15) is 0 Å². The number of pyridine rings is 1. The monoisotopic (exact) mass is 420 g/mol. The van der Waals surface area contributed by atoms with Gasteiger partial charge in [0, 0.05) is 31.9 Å². The summed E-state index contributed by atoms with van der Waals surface area (Å²) in [5.74, 6) is 2.08. The van der Waals surface area contributed by atoms with Crippen molar-refractivity contribution in [3.05, 3.63) is 23.9 Å². The van der Waals surface area contributed by atoms with Crippen LogP contribution in [0.15, 0.2) is 23.3 Å². The smallest absolute Gasteiger partial charge is 0.218 e. The minimum atomic E-state index is 0. The van der Waals surface area contributed by atoms with E-state index in [1.807, 2.05) is 12.1 Å². The summed E-state index contributed by atoms with van der Waals surface area (Å²) in [4.78, 5) is 8.52. The minimum Gasteiger partial charge on any atom is -0.477 e. The summed E-state index contributed by atoms with van der Waals surface area (Å²) in [7, 11) is 1.78. The lowest BCUT2D eigenvalue weighted by molar-refractivity contribution is 0.294. The van der Waals surface area contributed by atoms with Crippen molar-refractivity contribution in [2.24, 2.45) is 10.9 Å². The van der Waals surface area contributed by atoms with Crippen molar-refractivity contribution < 1.29 is 4.74 Å². The van der Waals surface area contributed by atoms with Crippen LogP contribution in [0.4, 0.5) is 0 Å². The molecule has 0 radical (unpaired) electrons. The minimum absolute atomic E-state index is 0. The Morgan fingerprint density at radius 2 is 2.14 bits per heavy atom. The summed E-state index contributed by atoms with van der Waals surface area (Å²) in [5.41, 5.74) is 1.04. The fraction of sp³-hybridized carbons (Fsp3) is 0.625. The molecule has 1 rings (SSSR count). The van der Waals surface area contributed by atoms with Crippen LogP contribution in [-0.4, -0.2) is 31.1 Å². The first kappa shape index (κ1) is 20.9. The van der Waals surface area contributed by atoms with Crippen LogP contribution in [-0.2, 0) is 6.54 Å². The molecule has 0 saturated heterocycles. The van der Waals surface area contributed by atoms with Crippen LogP contribution in [0.3, 0.4) is 0 Å². The van der Waals surface area contributed by atoms with Crippen LogP contribution >= 0.6 is 24.0 Å². The van der Waals surface area contributed by atoms with E-state index in [0.717, 1.165) is 30.9 Å². The van der Waals surface area contributed by atoms with Gasteiger partial charge in [-0.1, -0.05) is 33.3 Å². The van der Waals surface area contributed by atoms with Crippen molar-refractivity contribution in [1.82, 2.24) is 15.6 Å². The largest absolute Gasteiger partial charge is 0.477 e. The number of aromatic nitrogens is 1. The van der Waals surface area contributed by atoms with Gasteiger partial charge in [-0.05, 0) is 18.4 Å². The average molecular weight is 420 g/mol. The molecule has 5 nitrogen and oxygen atoms in total. The van der Waals surface area contributed by atoms with Gasteiger partial charge in [-0.25, -0.2) is 4.98 Å². The summed E-state index contributed by atoms with van der Waals surface area (Å²) in [6.07, 6.45) is 3.92. The molecule has 0 spiro atoms. The van der Waals surface area contributed by atoms with E-state index >= 15 is 0 Å². The van der Waals surface area contributed by atoms with E-state index in [0.29, 0.717) is 24.9 Å². The standard InChI is InChI=1S/C16H28N4O.HI/c1-5-6-10-21-15-14(8-7-9-18-15)12-20-16(17-4)19-11-13(2)3;/h7-9,13H,5-6,10-12H2,1-4H3,(H2,17,19,20);1H. The molecule has 0 aliphatic rings. The van der Waals surface area contributed by atoms with E-state index < -0.39 is 0 Å². The molecule has 0 bridgehead atoms. The van der Waals surface area contributed by atoms with Crippen LogP contribution in [0.2, 0.25) is 0 Å².